The van der Waals surface area contributed by atoms with E-state index in [1.54, 1.807) is 6.26 Å². The van der Waals surface area contributed by atoms with Crippen LogP contribution in [0.2, 0.25) is 0 Å². The van der Waals surface area contributed by atoms with Gasteiger partial charge in [0.25, 0.3) is 0 Å². The first kappa shape index (κ1) is 14.2. The van der Waals surface area contributed by atoms with Crippen LogP contribution < -0.4 is 5.32 Å². The Balaban J connectivity index is 1.81. The van der Waals surface area contributed by atoms with Gasteiger partial charge in [0.15, 0.2) is 0 Å². The Bertz CT molecular complexity index is 665. The summed E-state index contributed by atoms with van der Waals surface area (Å²) in [7, 11) is 0. The van der Waals surface area contributed by atoms with Crippen molar-refractivity contribution in [1.82, 2.24) is 5.32 Å². The highest BCUT2D eigenvalue weighted by Gasteiger charge is 2.22. The molecule has 1 saturated carbocycles. The minimum atomic E-state index is 0.0938. The summed E-state index contributed by atoms with van der Waals surface area (Å²) in [5, 5.41) is 4.09. The maximum Gasteiger partial charge on any atom is 0.224 e. The van der Waals surface area contributed by atoms with Crippen LogP contribution >= 0.6 is 0 Å². The lowest BCUT2D eigenvalue weighted by atomic mass is 9.95. The summed E-state index contributed by atoms with van der Waals surface area (Å²) >= 11 is 0. The number of benzene rings is 1. The van der Waals surface area contributed by atoms with E-state index < -0.39 is 0 Å². The molecule has 1 aromatic carbocycles. The maximum absolute atomic E-state index is 12.0. The molecule has 0 atom stereocenters. The molecular formula is C18H23NO2. The Morgan fingerprint density at radius 3 is 2.81 bits per heavy atom. The second-order valence-corrected chi connectivity index (χ2v) is 6.54. The Kier molecular flexibility index (Phi) is 3.75. The fourth-order valence-electron chi connectivity index (χ4n) is 2.82. The van der Waals surface area contributed by atoms with Gasteiger partial charge >= 0.3 is 0 Å². The SMILES string of the molecule is Cc1cc2occ(CC(=O)NCC3CC3)c2cc1C(C)C. The number of hydrogen-bond acceptors (Lipinski definition) is 2. The third kappa shape index (κ3) is 3.12. The molecule has 1 aromatic heterocycles. The van der Waals surface area contributed by atoms with Gasteiger partial charge in [-0.05, 0) is 54.9 Å². The molecule has 1 heterocycles. The van der Waals surface area contributed by atoms with Gasteiger partial charge in [-0.1, -0.05) is 13.8 Å². The predicted molar refractivity (Wildman–Crippen MR) is 84.5 cm³/mol. The third-order valence-electron chi connectivity index (χ3n) is 4.30. The molecule has 1 amide bonds. The van der Waals surface area contributed by atoms with E-state index in [2.05, 4.69) is 38.2 Å². The van der Waals surface area contributed by atoms with Crippen LogP contribution in [0.15, 0.2) is 22.8 Å². The predicted octanol–water partition coefficient (Wildman–Crippen LogP) is 3.93. The van der Waals surface area contributed by atoms with Crippen LogP contribution in [0.5, 0.6) is 0 Å². The highest BCUT2D eigenvalue weighted by molar-refractivity contribution is 5.88. The molecule has 0 bridgehead atoms. The first-order chi connectivity index (χ1) is 10.0. The Morgan fingerprint density at radius 2 is 2.14 bits per heavy atom. The number of nitrogens with one attached hydrogen (secondary N) is 1. The second-order valence-electron chi connectivity index (χ2n) is 6.54. The summed E-state index contributed by atoms with van der Waals surface area (Å²) in [5.41, 5.74) is 4.43. The number of carbonyl (C=O) groups is 1. The van der Waals surface area contributed by atoms with E-state index in [0.29, 0.717) is 18.3 Å². The van der Waals surface area contributed by atoms with Crippen molar-refractivity contribution in [3.05, 3.63) is 35.1 Å². The number of carbonyl (C=O) groups excluding carboxylic acids is 1. The van der Waals surface area contributed by atoms with Crippen molar-refractivity contribution in [2.24, 2.45) is 5.92 Å². The summed E-state index contributed by atoms with van der Waals surface area (Å²) < 4.78 is 5.62. The molecule has 0 saturated heterocycles. The average Bonchev–Trinajstić information content (AvgIpc) is 3.19. The van der Waals surface area contributed by atoms with Crippen molar-refractivity contribution in [3.8, 4) is 0 Å². The summed E-state index contributed by atoms with van der Waals surface area (Å²) in [5.74, 6) is 1.28. The van der Waals surface area contributed by atoms with Crippen molar-refractivity contribution < 1.29 is 9.21 Å². The molecule has 0 unspecified atom stereocenters. The summed E-state index contributed by atoms with van der Waals surface area (Å²) in [6, 6.07) is 4.26. The van der Waals surface area contributed by atoms with Crippen LogP contribution in [-0.4, -0.2) is 12.5 Å². The summed E-state index contributed by atoms with van der Waals surface area (Å²) in [6.45, 7) is 7.32. The minimum absolute atomic E-state index is 0.0938. The Labute approximate surface area is 125 Å². The van der Waals surface area contributed by atoms with Crippen molar-refractivity contribution in [3.63, 3.8) is 0 Å². The van der Waals surface area contributed by atoms with E-state index in [1.165, 1.54) is 24.0 Å². The molecule has 1 aliphatic rings. The lowest BCUT2D eigenvalue weighted by molar-refractivity contribution is -0.120. The van der Waals surface area contributed by atoms with E-state index in [9.17, 15) is 4.79 Å². The van der Waals surface area contributed by atoms with E-state index in [-0.39, 0.29) is 5.91 Å². The molecule has 0 radical (unpaired) electrons. The number of aryl methyl sites for hydroxylation is 1. The zero-order valence-corrected chi connectivity index (χ0v) is 13.0. The fourth-order valence-corrected chi connectivity index (χ4v) is 2.82. The molecule has 2 aromatic rings. The third-order valence-corrected chi connectivity index (χ3v) is 4.30. The number of amides is 1. The van der Waals surface area contributed by atoms with Crippen molar-refractivity contribution in [1.29, 1.82) is 0 Å². The fraction of sp³-hybridized carbons (Fsp3) is 0.500. The first-order valence-electron chi connectivity index (χ1n) is 7.82. The lowest BCUT2D eigenvalue weighted by Crippen LogP contribution is -2.26. The molecule has 21 heavy (non-hydrogen) atoms. The first-order valence-corrected chi connectivity index (χ1v) is 7.82. The normalized spacial score (nSPS) is 14.9. The standard InChI is InChI=1S/C18H23NO2/c1-11(2)15-8-16-14(10-21-17(16)6-12(15)3)7-18(20)19-9-13-4-5-13/h6,8,10-11,13H,4-5,7,9H2,1-3H3,(H,19,20). The highest BCUT2D eigenvalue weighted by Crippen LogP contribution is 2.29. The number of fused-ring (bicyclic) bond motifs is 1. The number of furan rings is 1. The van der Waals surface area contributed by atoms with Crippen LogP contribution in [0.4, 0.5) is 0 Å². The highest BCUT2D eigenvalue weighted by atomic mass is 16.3. The van der Waals surface area contributed by atoms with Crippen molar-refractivity contribution in [2.75, 3.05) is 6.54 Å². The van der Waals surface area contributed by atoms with E-state index >= 15 is 0 Å². The van der Waals surface area contributed by atoms with Gasteiger partial charge in [0, 0.05) is 17.5 Å². The van der Waals surface area contributed by atoms with Crippen LogP contribution in [-0.2, 0) is 11.2 Å². The lowest BCUT2D eigenvalue weighted by Gasteiger charge is -2.10. The minimum Gasteiger partial charge on any atom is -0.464 e. The van der Waals surface area contributed by atoms with Crippen LogP contribution in [0.1, 0.15) is 49.3 Å². The van der Waals surface area contributed by atoms with Gasteiger partial charge in [0.1, 0.15) is 5.58 Å². The summed E-state index contributed by atoms with van der Waals surface area (Å²) in [4.78, 5) is 12.0. The van der Waals surface area contributed by atoms with Gasteiger partial charge in [-0.25, -0.2) is 0 Å². The molecule has 1 N–H and O–H groups in total. The average molecular weight is 285 g/mol. The smallest absolute Gasteiger partial charge is 0.224 e. The maximum atomic E-state index is 12.0. The van der Waals surface area contributed by atoms with Gasteiger partial charge in [-0.3, -0.25) is 4.79 Å². The molecule has 1 aliphatic carbocycles. The monoisotopic (exact) mass is 285 g/mol. The van der Waals surface area contributed by atoms with Crippen molar-refractivity contribution in [2.45, 2.75) is 46.0 Å². The van der Waals surface area contributed by atoms with Crippen LogP contribution in [0.3, 0.4) is 0 Å². The molecule has 3 heteroatoms. The Morgan fingerprint density at radius 1 is 1.38 bits per heavy atom. The van der Waals surface area contributed by atoms with Gasteiger partial charge in [0.05, 0.1) is 12.7 Å². The van der Waals surface area contributed by atoms with Crippen LogP contribution in [0.25, 0.3) is 11.0 Å². The second kappa shape index (κ2) is 5.55. The van der Waals surface area contributed by atoms with Gasteiger partial charge in [0.2, 0.25) is 5.91 Å². The van der Waals surface area contributed by atoms with E-state index in [4.69, 9.17) is 4.42 Å². The van der Waals surface area contributed by atoms with Crippen LogP contribution in [0, 0.1) is 12.8 Å². The molecule has 1 fully saturated rings. The molecule has 0 spiro atoms. The van der Waals surface area contributed by atoms with Gasteiger partial charge in [-0.2, -0.15) is 0 Å². The number of hydrogen-bond donors (Lipinski definition) is 1. The molecule has 3 nitrogen and oxygen atoms in total. The van der Waals surface area contributed by atoms with Gasteiger partial charge < -0.3 is 9.73 Å². The van der Waals surface area contributed by atoms with E-state index in [1.807, 2.05) is 0 Å². The Hall–Kier alpha value is -1.77. The number of rotatable bonds is 5. The topological polar surface area (TPSA) is 42.2 Å². The largest absolute Gasteiger partial charge is 0.464 e. The zero-order chi connectivity index (χ0) is 15.0. The summed E-state index contributed by atoms with van der Waals surface area (Å²) in [6.07, 6.45) is 4.64. The molecule has 3 rings (SSSR count). The van der Waals surface area contributed by atoms with E-state index in [0.717, 1.165) is 23.1 Å². The quantitative estimate of drug-likeness (QED) is 0.904. The molecule has 112 valence electrons. The molecule has 0 aliphatic heterocycles. The zero-order valence-electron chi connectivity index (χ0n) is 13.0. The van der Waals surface area contributed by atoms with Crippen molar-refractivity contribution >= 4 is 16.9 Å². The van der Waals surface area contributed by atoms with Gasteiger partial charge in [-0.15, -0.1) is 0 Å². The molecular weight excluding hydrogens is 262 g/mol.